The molecule has 22 heavy (non-hydrogen) atoms. The van der Waals surface area contributed by atoms with Gasteiger partial charge in [0.1, 0.15) is 0 Å². The van der Waals surface area contributed by atoms with E-state index in [1.807, 2.05) is 17.3 Å². The number of ether oxygens (including phenoxy) is 1. The van der Waals surface area contributed by atoms with Gasteiger partial charge in [0, 0.05) is 43.6 Å². The number of aryl methyl sites for hydroxylation is 1. The largest absolute Gasteiger partial charge is 0.377 e. The molecule has 1 atom stereocenters. The third-order valence-corrected chi connectivity index (χ3v) is 4.83. The van der Waals surface area contributed by atoms with Crippen molar-refractivity contribution in [2.24, 2.45) is 5.92 Å². The van der Waals surface area contributed by atoms with Crippen LogP contribution in [-0.2, 0) is 9.53 Å². The Hall–Kier alpha value is -1.62. The molecule has 1 amide bonds. The van der Waals surface area contributed by atoms with Crippen LogP contribution in [0.15, 0.2) is 18.5 Å². The maximum atomic E-state index is 12.7. The lowest BCUT2D eigenvalue weighted by Crippen LogP contribution is -2.51. The number of anilines is 1. The number of morpholine rings is 1. The highest BCUT2D eigenvalue weighted by atomic mass is 16.5. The highest BCUT2D eigenvalue weighted by Crippen LogP contribution is 2.27. The van der Waals surface area contributed by atoms with Gasteiger partial charge in [0.15, 0.2) is 0 Å². The summed E-state index contributed by atoms with van der Waals surface area (Å²) < 4.78 is 5.43. The molecule has 2 aliphatic rings. The molecule has 5 nitrogen and oxygen atoms in total. The van der Waals surface area contributed by atoms with E-state index in [9.17, 15) is 4.79 Å². The molecule has 0 unspecified atom stereocenters. The Morgan fingerprint density at radius 2 is 2.09 bits per heavy atom. The monoisotopic (exact) mass is 303 g/mol. The third kappa shape index (κ3) is 3.09. The summed E-state index contributed by atoms with van der Waals surface area (Å²) in [4.78, 5) is 21.3. The van der Waals surface area contributed by atoms with Crippen LogP contribution >= 0.6 is 0 Å². The quantitative estimate of drug-likeness (QED) is 0.836. The number of aromatic nitrogens is 1. The zero-order valence-corrected chi connectivity index (χ0v) is 13.5. The zero-order valence-electron chi connectivity index (χ0n) is 13.5. The maximum absolute atomic E-state index is 12.7. The molecule has 2 aliphatic heterocycles. The molecule has 0 spiro atoms. The number of rotatable bonds is 2. The van der Waals surface area contributed by atoms with E-state index in [-0.39, 0.29) is 12.0 Å². The van der Waals surface area contributed by atoms with Crippen LogP contribution < -0.4 is 4.90 Å². The van der Waals surface area contributed by atoms with Gasteiger partial charge in [-0.05, 0) is 38.3 Å². The molecule has 0 aliphatic carbocycles. The van der Waals surface area contributed by atoms with Crippen LogP contribution in [0.2, 0.25) is 0 Å². The predicted octanol–water partition coefficient (Wildman–Crippen LogP) is 1.85. The molecule has 0 radical (unpaired) electrons. The number of pyridine rings is 1. The molecular formula is C17H25N3O2. The SMILES string of the molecule is Cc1cnccc1N1CCC(C(=O)N2CCOC[C@@H]2C)CC1. The Balaban J connectivity index is 1.59. The van der Waals surface area contributed by atoms with Crippen LogP contribution in [0, 0.1) is 12.8 Å². The lowest BCUT2D eigenvalue weighted by Gasteiger charge is -2.39. The molecule has 0 N–H and O–H groups in total. The fraction of sp³-hybridized carbons (Fsp3) is 0.647. The first-order valence-electron chi connectivity index (χ1n) is 8.20. The van der Waals surface area contributed by atoms with Crippen LogP contribution in [-0.4, -0.2) is 54.7 Å². The van der Waals surface area contributed by atoms with E-state index in [2.05, 4.69) is 29.8 Å². The summed E-state index contributed by atoms with van der Waals surface area (Å²) in [6.45, 7) is 8.14. The summed E-state index contributed by atoms with van der Waals surface area (Å²) in [5, 5.41) is 0. The fourth-order valence-corrected chi connectivity index (χ4v) is 3.48. The summed E-state index contributed by atoms with van der Waals surface area (Å²) >= 11 is 0. The summed E-state index contributed by atoms with van der Waals surface area (Å²) in [5.74, 6) is 0.487. The molecular weight excluding hydrogens is 278 g/mol. The molecule has 1 aromatic heterocycles. The van der Waals surface area contributed by atoms with Crippen LogP contribution in [0.1, 0.15) is 25.3 Å². The Bertz CT molecular complexity index is 526. The zero-order chi connectivity index (χ0) is 15.5. The number of carbonyl (C=O) groups excluding carboxylic acids is 1. The van der Waals surface area contributed by atoms with E-state index < -0.39 is 0 Å². The first-order valence-corrected chi connectivity index (χ1v) is 8.20. The van der Waals surface area contributed by atoms with Gasteiger partial charge in [0.2, 0.25) is 5.91 Å². The highest BCUT2D eigenvalue weighted by Gasteiger charge is 2.32. The number of piperidine rings is 1. The third-order valence-electron chi connectivity index (χ3n) is 4.83. The molecule has 120 valence electrons. The van der Waals surface area contributed by atoms with Crippen LogP contribution in [0.4, 0.5) is 5.69 Å². The lowest BCUT2D eigenvalue weighted by atomic mass is 9.94. The van der Waals surface area contributed by atoms with Crippen molar-refractivity contribution in [2.75, 3.05) is 37.7 Å². The van der Waals surface area contributed by atoms with Crippen LogP contribution in [0.25, 0.3) is 0 Å². The molecule has 1 aromatic rings. The number of carbonyl (C=O) groups is 1. The Kier molecular flexibility index (Phi) is 4.62. The summed E-state index contributed by atoms with van der Waals surface area (Å²) in [6, 6.07) is 2.28. The summed E-state index contributed by atoms with van der Waals surface area (Å²) in [7, 11) is 0. The minimum atomic E-state index is 0.166. The minimum absolute atomic E-state index is 0.166. The molecule has 0 aromatic carbocycles. The van der Waals surface area contributed by atoms with Crippen molar-refractivity contribution in [3.8, 4) is 0 Å². The number of amides is 1. The second-order valence-corrected chi connectivity index (χ2v) is 6.38. The Morgan fingerprint density at radius 1 is 1.32 bits per heavy atom. The van der Waals surface area contributed by atoms with E-state index in [1.54, 1.807) is 0 Å². The van der Waals surface area contributed by atoms with Gasteiger partial charge in [0.25, 0.3) is 0 Å². The van der Waals surface area contributed by atoms with Gasteiger partial charge in [0.05, 0.1) is 19.3 Å². The first-order chi connectivity index (χ1) is 10.7. The van der Waals surface area contributed by atoms with E-state index in [0.717, 1.165) is 32.5 Å². The average molecular weight is 303 g/mol. The molecule has 0 bridgehead atoms. The van der Waals surface area contributed by atoms with Gasteiger partial charge in [-0.15, -0.1) is 0 Å². The Labute approximate surface area is 132 Å². The van der Waals surface area contributed by atoms with Crippen molar-refractivity contribution in [2.45, 2.75) is 32.7 Å². The second-order valence-electron chi connectivity index (χ2n) is 6.38. The predicted molar refractivity (Wildman–Crippen MR) is 85.9 cm³/mol. The standard InChI is InChI=1S/C17H25N3O2/c1-13-11-18-6-3-16(13)19-7-4-15(5-8-19)17(21)20-9-10-22-12-14(20)2/h3,6,11,14-15H,4-5,7-10,12H2,1-2H3/t14-/m0/s1. The van der Waals surface area contributed by atoms with Crippen molar-refractivity contribution in [3.63, 3.8) is 0 Å². The normalized spacial score (nSPS) is 23.6. The summed E-state index contributed by atoms with van der Waals surface area (Å²) in [5.41, 5.74) is 2.45. The van der Waals surface area contributed by atoms with E-state index in [4.69, 9.17) is 4.74 Å². The van der Waals surface area contributed by atoms with Gasteiger partial charge in [-0.25, -0.2) is 0 Å². The lowest BCUT2D eigenvalue weighted by molar-refractivity contribution is -0.144. The minimum Gasteiger partial charge on any atom is -0.377 e. The molecule has 2 saturated heterocycles. The molecule has 0 saturated carbocycles. The smallest absolute Gasteiger partial charge is 0.226 e. The second kappa shape index (κ2) is 6.65. The fourth-order valence-electron chi connectivity index (χ4n) is 3.48. The Morgan fingerprint density at radius 3 is 2.77 bits per heavy atom. The van der Waals surface area contributed by atoms with E-state index in [1.165, 1.54) is 11.3 Å². The molecule has 3 rings (SSSR count). The maximum Gasteiger partial charge on any atom is 0.226 e. The van der Waals surface area contributed by atoms with Crippen molar-refractivity contribution in [3.05, 3.63) is 24.0 Å². The average Bonchev–Trinajstić information content (AvgIpc) is 2.55. The molecule has 3 heterocycles. The number of hydrogen-bond donors (Lipinski definition) is 0. The van der Waals surface area contributed by atoms with E-state index in [0.29, 0.717) is 19.1 Å². The number of nitrogens with zero attached hydrogens (tertiary/aromatic N) is 3. The molecule has 5 heteroatoms. The summed E-state index contributed by atoms with van der Waals surface area (Å²) in [6.07, 6.45) is 5.62. The number of hydrogen-bond acceptors (Lipinski definition) is 4. The van der Waals surface area contributed by atoms with E-state index >= 15 is 0 Å². The topological polar surface area (TPSA) is 45.7 Å². The van der Waals surface area contributed by atoms with Gasteiger partial charge >= 0.3 is 0 Å². The highest BCUT2D eigenvalue weighted by molar-refractivity contribution is 5.79. The molecule has 2 fully saturated rings. The van der Waals surface area contributed by atoms with Gasteiger partial charge < -0.3 is 14.5 Å². The van der Waals surface area contributed by atoms with Gasteiger partial charge in [-0.2, -0.15) is 0 Å². The van der Waals surface area contributed by atoms with Crippen molar-refractivity contribution in [1.29, 1.82) is 0 Å². The van der Waals surface area contributed by atoms with Gasteiger partial charge in [-0.1, -0.05) is 0 Å². The van der Waals surface area contributed by atoms with Crippen LogP contribution in [0.3, 0.4) is 0 Å². The first kappa shape index (κ1) is 15.3. The van der Waals surface area contributed by atoms with Crippen LogP contribution in [0.5, 0.6) is 0 Å². The van der Waals surface area contributed by atoms with Crippen molar-refractivity contribution >= 4 is 11.6 Å². The van der Waals surface area contributed by atoms with Gasteiger partial charge in [-0.3, -0.25) is 9.78 Å². The van der Waals surface area contributed by atoms with Crippen molar-refractivity contribution in [1.82, 2.24) is 9.88 Å². The van der Waals surface area contributed by atoms with Crippen molar-refractivity contribution < 1.29 is 9.53 Å².